The molecule has 106 valence electrons. The topological polar surface area (TPSA) is 74.2 Å². The average Bonchev–Trinajstić information content (AvgIpc) is 2.98. The highest BCUT2D eigenvalue weighted by Crippen LogP contribution is 2.26. The van der Waals surface area contributed by atoms with Crippen LogP contribution in [0.4, 0.5) is 0 Å². The van der Waals surface area contributed by atoms with Gasteiger partial charge in [-0.2, -0.15) is 4.98 Å². The van der Waals surface area contributed by atoms with E-state index in [-0.39, 0.29) is 0 Å². The van der Waals surface area contributed by atoms with Crippen LogP contribution in [0.1, 0.15) is 34.8 Å². The van der Waals surface area contributed by atoms with E-state index in [2.05, 4.69) is 42.2 Å². The van der Waals surface area contributed by atoms with Crippen LogP contribution in [0.2, 0.25) is 0 Å². The number of aryl methyl sites for hydroxylation is 2. The smallest absolute Gasteiger partial charge is 0.249 e. The van der Waals surface area contributed by atoms with Crippen LogP contribution in [0.15, 0.2) is 22.7 Å². The van der Waals surface area contributed by atoms with Gasteiger partial charge < -0.3 is 15.0 Å². The van der Waals surface area contributed by atoms with Gasteiger partial charge in [-0.3, -0.25) is 0 Å². The molecule has 0 saturated carbocycles. The lowest BCUT2D eigenvalue weighted by molar-refractivity contribution is 0.166. The number of nitrogens with zero attached hydrogens (tertiary/aromatic N) is 2. The molecule has 2 N–H and O–H groups in total. The van der Waals surface area contributed by atoms with Crippen LogP contribution >= 0.6 is 0 Å². The standard InChI is InChI=1S/C15H19N3O2/c1-10-5-11(2)7-12(6-10)8-13-17-14(20-18-13)15(16)3-4-19-9-15/h5-7H,3-4,8-9,16H2,1-2H3. The first kappa shape index (κ1) is 13.3. The van der Waals surface area contributed by atoms with Crippen molar-refractivity contribution in [3.63, 3.8) is 0 Å². The second-order valence-electron chi connectivity index (χ2n) is 5.65. The summed E-state index contributed by atoms with van der Waals surface area (Å²) in [4.78, 5) is 4.44. The molecule has 1 atom stereocenters. The van der Waals surface area contributed by atoms with Crippen LogP contribution in [0.25, 0.3) is 0 Å². The molecule has 1 unspecified atom stereocenters. The Labute approximate surface area is 118 Å². The molecular weight excluding hydrogens is 254 g/mol. The Balaban J connectivity index is 1.80. The molecule has 5 heteroatoms. The molecule has 0 bridgehead atoms. The third kappa shape index (κ3) is 2.59. The molecular formula is C15H19N3O2. The molecule has 1 aliphatic rings. The van der Waals surface area contributed by atoms with Crippen molar-refractivity contribution in [1.29, 1.82) is 0 Å². The van der Waals surface area contributed by atoms with E-state index < -0.39 is 5.54 Å². The van der Waals surface area contributed by atoms with Gasteiger partial charge in [-0.1, -0.05) is 34.5 Å². The molecule has 5 nitrogen and oxygen atoms in total. The Morgan fingerprint density at radius 2 is 2.00 bits per heavy atom. The largest absolute Gasteiger partial charge is 0.379 e. The zero-order valence-corrected chi connectivity index (χ0v) is 11.8. The maximum atomic E-state index is 6.21. The third-order valence-corrected chi connectivity index (χ3v) is 3.59. The van der Waals surface area contributed by atoms with Gasteiger partial charge >= 0.3 is 0 Å². The van der Waals surface area contributed by atoms with Crippen molar-refractivity contribution in [2.24, 2.45) is 5.73 Å². The van der Waals surface area contributed by atoms with Crippen LogP contribution in [0, 0.1) is 13.8 Å². The minimum absolute atomic E-state index is 0.443. The van der Waals surface area contributed by atoms with Crippen molar-refractivity contribution in [3.8, 4) is 0 Å². The van der Waals surface area contributed by atoms with E-state index in [0.717, 1.165) is 6.42 Å². The lowest BCUT2D eigenvalue weighted by Gasteiger charge is -2.15. The number of rotatable bonds is 3. The summed E-state index contributed by atoms with van der Waals surface area (Å²) >= 11 is 0. The fraction of sp³-hybridized carbons (Fsp3) is 0.467. The zero-order chi connectivity index (χ0) is 14.2. The van der Waals surface area contributed by atoms with Crippen LogP contribution in [0.3, 0.4) is 0 Å². The van der Waals surface area contributed by atoms with Crippen LogP contribution in [0.5, 0.6) is 0 Å². The molecule has 1 saturated heterocycles. The molecule has 0 amide bonds. The second-order valence-corrected chi connectivity index (χ2v) is 5.65. The molecule has 1 aliphatic heterocycles. The van der Waals surface area contributed by atoms with Gasteiger partial charge in [0.2, 0.25) is 5.89 Å². The fourth-order valence-corrected chi connectivity index (χ4v) is 2.63. The molecule has 2 aromatic rings. The number of aromatic nitrogens is 2. The zero-order valence-electron chi connectivity index (χ0n) is 11.8. The minimum Gasteiger partial charge on any atom is -0.379 e. The molecule has 2 heterocycles. The lowest BCUT2D eigenvalue weighted by atomic mass is 10.0. The lowest BCUT2D eigenvalue weighted by Crippen LogP contribution is -2.37. The molecule has 1 fully saturated rings. The first-order valence-corrected chi connectivity index (χ1v) is 6.82. The van der Waals surface area contributed by atoms with E-state index in [4.69, 9.17) is 15.0 Å². The number of hydrogen-bond acceptors (Lipinski definition) is 5. The molecule has 0 aliphatic carbocycles. The summed E-state index contributed by atoms with van der Waals surface area (Å²) in [6, 6.07) is 6.43. The molecule has 1 aromatic carbocycles. The minimum atomic E-state index is -0.617. The summed E-state index contributed by atoms with van der Waals surface area (Å²) in [5.74, 6) is 1.15. The van der Waals surface area contributed by atoms with Crippen molar-refractivity contribution in [3.05, 3.63) is 46.6 Å². The van der Waals surface area contributed by atoms with Gasteiger partial charge in [-0.25, -0.2) is 0 Å². The number of benzene rings is 1. The van der Waals surface area contributed by atoms with Crippen LogP contribution in [-0.4, -0.2) is 23.4 Å². The normalized spacial score (nSPS) is 22.4. The summed E-state index contributed by atoms with van der Waals surface area (Å²) in [7, 11) is 0. The Morgan fingerprint density at radius 1 is 1.25 bits per heavy atom. The predicted octanol–water partition coefficient (Wildman–Crippen LogP) is 1.85. The predicted molar refractivity (Wildman–Crippen MR) is 74.3 cm³/mol. The molecule has 3 rings (SSSR count). The number of nitrogens with two attached hydrogens (primary N) is 1. The van der Waals surface area contributed by atoms with Crippen LogP contribution < -0.4 is 5.73 Å². The van der Waals surface area contributed by atoms with E-state index in [1.165, 1.54) is 16.7 Å². The van der Waals surface area contributed by atoms with Crippen molar-refractivity contribution < 1.29 is 9.26 Å². The summed E-state index contributed by atoms with van der Waals surface area (Å²) in [6.45, 7) is 5.26. The summed E-state index contributed by atoms with van der Waals surface area (Å²) in [5, 5.41) is 4.04. The monoisotopic (exact) mass is 273 g/mol. The first-order chi connectivity index (χ1) is 9.55. The van der Waals surface area contributed by atoms with Crippen molar-refractivity contribution in [1.82, 2.24) is 10.1 Å². The number of hydrogen-bond donors (Lipinski definition) is 1. The van der Waals surface area contributed by atoms with Gasteiger partial charge in [-0.05, 0) is 25.8 Å². The van der Waals surface area contributed by atoms with Gasteiger partial charge in [-0.15, -0.1) is 0 Å². The molecule has 0 radical (unpaired) electrons. The van der Waals surface area contributed by atoms with E-state index in [9.17, 15) is 0 Å². The third-order valence-electron chi connectivity index (χ3n) is 3.59. The Kier molecular flexibility index (Phi) is 3.31. The number of ether oxygens (including phenoxy) is 1. The van der Waals surface area contributed by atoms with E-state index in [0.29, 0.717) is 31.3 Å². The Morgan fingerprint density at radius 3 is 2.65 bits per heavy atom. The average molecular weight is 273 g/mol. The van der Waals surface area contributed by atoms with Crippen LogP contribution in [-0.2, 0) is 16.7 Å². The quantitative estimate of drug-likeness (QED) is 0.923. The summed E-state index contributed by atoms with van der Waals surface area (Å²) in [5.41, 5.74) is 9.26. The van der Waals surface area contributed by atoms with E-state index >= 15 is 0 Å². The van der Waals surface area contributed by atoms with Gasteiger partial charge in [0.05, 0.1) is 6.61 Å². The van der Waals surface area contributed by atoms with Gasteiger partial charge in [0, 0.05) is 13.0 Å². The Hall–Kier alpha value is -1.72. The molecule has 0 spiro atoms. The second kappa shape index (κ2) is 5.00. The highest BCUT2D eigenvalue weighted by atomic mass is 16.5. The van der Waals surface area contributed by atoms with Gasteiger partial charge in [0.15, 0.2) is 5.82 Å². The van der Waals surface area contributed by atoms with E-state index in [1.54, 1.807) is 0 Å². The van der Waals surface area contributed by atoms with Crippen molar-refractivity contribution in [2.75, 3.05) is 13.2 Å². The SMILES string of the molecule is Cc1cc(C)cc(Cc2noc(C3(N)CCOC3)n2)c1. The Bertz CT molecular complexity index is 595. The highest BCUT2D eigenvalue weighted by molar-refractivity contribution is 5.30. The van der Waals surface area contributed by atoms with Gasteiger partial charge in [0.1, 0.15) is 5.54 Å². The maximum absolute atomic E-state index is 6.21. The summed E-state index contributed by atoms with van der Waals surface area (Å²) < 4.78 is 10.6. The first-order valence-electron chi connectivity index (χ1n) is 6.82. The van der Waals surface area contributed by atoms with Gasteiger partial charge in [0.25, 0.3) is 0 Å². The fourth-order valence-electron chi connectivity index (χ4n) is 2.63. The van der Waals surface area contributed by atoms with Crippen molar-refractivity contribution in [2.45, 2.75) is 32.2 Å². The van der Waals surface area contributed by atoms with E-state index in [1.807, 2.05) is 0 Å². The molecule has 1 aromatic heterocycles. The van der Waals surface area contributed by atoms with Crippen molar-refractivity contribution >= 4 is 0 Å². The molecule has 20 heavy (non-hydrogen) atoms. The summed E-state index contributed by atoms with van der Waals surface area (Å²) in [6.07, 6.45) is 1.38. The maximum Gasteiger partial charge on any atom is 0.249 e. The highest BCUT2D eigenvalue weighted by Gasteiger charge is 2.38.